The van der Waals surface area contributed by atoms with Gasteiger partial charge in [0.25, 0.3) is 0 Å². The van der Waals surface area contributed by atoms with Crippen molar-refractivity contribution in [3.63, 3.8) is 0 Å². The fourth-order valence-electron chi connectivity index (χ4n) is 3.95. The van der Waals surface area contributed by atoms with E-state index in [-0.39, 0.29) is 5.12 Å². The van der Waals surface area contributed by atoms with E-state index < -0.39 is 5.97 Å². The number of ether oxygens (including phenoxy) is 1. The highest BCUT2D eigenvalue weighted by atomic mass is 32.2. The minimum absolute atomic E-state index is 0.0387. The zero-order valence-corrected chi connectivity index (χ0v) is 20.4. The van der Waals surface area contributed by atoms with E-state index in [2.05, 4.69) is 13.8 Å². The van der Waals surface area contributed by atoms with Gasteiger partial charge in [-0.1, -0.05) is 87.4 Å². The third-order valence-electron chi connectivity index (χ3n) is 5.69. The van der Waals surface area contributed by atoms with Gasteiger partial charge in [0.1, 0.15) is 5.75 Å². The van der Waals surface area contributed by atoms with Gasteiger partial charge >= 0.3 is 5.97 Å². The number of carbonyl (C=O) groups excluding carboxylic acids is 2. The lowest BCUT2D eigenvalue weighted by Gasteiger charge is -2.12. The molecule has 0 N–H and O–H groups in total. The Balaban J connectivity index is 1.59. The molecule has 0 spiro atoms. The van der Waals surface area contributed by atoms with E-state index in [0.29, 0.717) is 16.9 Å². The van der Waals surface area contributed by atoms with Gasteiger partial charge in [0.05, 0.1) is 5.56 Å². The molecule has 172 valence electrons. The van der Waals surface area contributed by atoms with Crippen LogP contribution in [-0.4, -0.2) is 11.1 Å². The average molecular weight is 469 g/mol. The summed E-state index contributed by atoms with van der Waals surface area (Å²) in [6.45, 7) is 4.27. The third-order valence-corrected chi connectivity index (χ3v) is 6.67. The number of esters is 1. The van der Waals surface area contributed by atoms with Crippen LogP contribution in [0, 0.1) is 0 Å². The summed E-state index contributed by atoms with van der Waals surface area (Å²) >= 11 is 1.16. The Bertz CT molecular complexity index is 1190. The standard InChI is InChI=1S/C30H28O3S/c1-3-7-21-13-17-24(18-14-21)29(31)33-26-11-5-9-23-10-6-12-27(28(23)26)34-30(32)25-19-15-22(8-4-2)16-20-25/h5-6,9-20H,3-4,7-8H2,1-2H3. The Kier molecular flexibility index (Phi) is 7.81. The molecule has 0 radical (unpaired) electrons. The number of thioether (sulfide) groups is 1. The van der Waals surface area contributed by atoms with E-state index in [4.69, 9.17) is 4.74 Å². The molecule has 0 atom stereocenters. The number of carbonyl (C=O) groups is 2. The summed E-state index contributed by atoms with van der Waals surface area (Å²) in [4.78, 5) is 26.7. The number of rotatable bonds is 8. The summed E-state index contributed by atoms with van der Waals surface area (Å²) in [5.41, 5.74) is 3.59. The maximum atomic E-state index is 13.0. The van der Waals surface area contributed by atoms with E-state index in [1.54, 1.807) is 18.2 Å². The molecule has 0 aliphatic carbocycles. The summed E-state index contributed by atoms with van der Waals surface area (Å²) in [7, 11) is 0. The quantitative estimate of drug-likeness (QED) is 0.150. The van der Waals surface area contributed by atoms with Crippen molar-refractivity contribution >= 4 is 33.6 Å². The van der Waals surface area contributed by atoms with Crippen LogP contribution < -0.4 is 4.74 Å². The molecule has 0 heterocycles. The highest BCUT2D eigenvalue weighted by molar-refractivity contribution is 8.14. The van der Waals surface area contributed by atoms with Crippen LogP contribution in [0.2, 0.25) is 0 Å². The Morgan fingerprint density at radius 3 is 1.85 bits per heavy atom. The highest BCUT2D eigenvalue weighted by Crippen LogP contribution is 2.36. The summed E-state index contributed by atoms with van der Waals surface area (Å²) in [6.07, 6.45) is 4.11. The molecule has 4 aromatic rings. The van der Waals surface area contributed by atoms with Gasteiger partial charge in [-0.05, 0) is 65.4 Å². The van der Waals surface area contributed by atoms with Gasteiger partial charge in [0.2, 0.25) is 5.12 Å². The van der Waals surface area contributed by atoms with Gasteiger partial charge in [-0.2, -0.15) is 0 Å². The first-order chi connectivity index (χ1) is 16.6. The Labute approximate surface area is 205 Å². The van der Waals surface area contributed by atoms with Gasteiger partial charge < -0.3 is 4.74 Å². The third kappa shape index (κ3) is 5.57. The van der Waals surface area contributed by atoms with Crippen molar-refractivity contribution in [2.24, 2.45) is 0 Å². The van der Waals surface area contributed by atoms with E-state index >= 15 is 0 Å². The molecule has 0 bridgehead atoms. The number of hydrogen-bond acceptors (Lipinski definition) is 4. The van der Waals surface area contributed by atoms with Crippen LogP contribution >= 0.6 is 11.8 Å². The van der Waals surface area contributed by atoms with Crippen LogP contribution in [0.1, 0.15) is 58.5 Å². The second-order valence-corrected chi connectivity index (χ2v) is 9.30. The van der Waals surface area contributed by atoms with Gasteiger partial charge in [0.15, 0.2) is 0 Å². The van der Waals surface area contributed by atoms with Gasteiger partial charge in [0, 0.05) is 15.8 Å². The van der Waals surface area contributed by atoms with Crippen LogP contribution in [0.3, 0.4) is 0 Å². The Hall–Kier alpha value is -3.37. The molecular weight excluding hydrogens is 440 g/mol. The number of aryl methyl sites for hydroxylation is 2. The highest BCUT2D eigenvalue weighted by Gasteiger charge is 2.16. The molecule has 0 saturated heterocycles. The zero-order chi connectivity index (χ0) is 23.9. The molecule has 0 fully saturated rings. The van der Waals surface area contributed by atoms with Crippen LogP contribution in [0.5, 0.6) is 5.75 Å². The van der Waals surface area contributed by atoms with Crippen molar-refractivity contribution in [3.05, 3.63) is 107 Å². The topological polar surface area (TPSA) is 43.4 Å². The molecule has 0 aliphatic rings. The first-order valence-electron chi connectivity index (χ1n) is 11.7. The second-order valence-electron chi connectivity index (χ2n) is 8.28. The van der Waals surface area contributed by atoms with Gasteiger partial charge in [-0.25, -0.2) is 4.79 Å². The van der Waals surface area contributed by atoms with E-state index in [1.165, 1.54) is 11.1 Å². The lowest BCUT2D eigenvalue weighted by Crippen LogP contribution is -2.09. The van der Waals surface area contributed by atoms with Crippen LogP contribution in [0.25, 0.3) is 10.8 Å². The summed E-state index contributed by atoms with van der Waals surface area (Å²) < 4.78 is 5.82. The van der Waals surface area contributed by atoms with Crippen LogP contribution in [0.15, 0.2) is 89.8 Å². The predicted octanol–water partition coefficient (Wildman–Crippen LogP) is 7.90. The molecule has 0 amide bonds. The summed E-state index contributed by atoms with van der Waals surface area (Å²) in [6, 6.07) is 26.7. The SMILES string of the molecule is CCCc1ccc(C(=O)Oc2cccc3cccc(SC(=O)c4ccc(CCC)cc4)c23)cc1. The lowest BCUT2D eigenvalue weighted by atomic mass is 10.1. The van der Waals surface area contributed by atoms with Crippen LogP contribution in [-0.2, 0) is 12.8 Å². The average Bonchev–Trinajstić information content (AvgIpc) is 2.85. The first-order valence-corrected chi connectivity index (χ1v) is 12.5. The molecule has 0 saturated carbocycles. The van der Waals surface area contributed by atoms with Crippen molar-refractivity contribution in [2.45, 2.75) is 44.4 Å². The molecule has 34 heavy (non-hydrogen) atoms. The molecule has 4 rings (SSSR count). The predicted molar refractivity (Wildman–Crippen MR) is 140 cm³/mol. The minimum Gasteiger partial charge on any atom is -0.422 e. The maximum Gasteiger partial charge on any atom is 0.343 e. The molecular formula is C30H28O3S. The van der Waals surface area contributed by atoms with Crippen LogP contribution in [0.4, 0.5) is 0 Å². The van der Waals surface area contributed by atoms with Gasteiger partial charge in [-0.15, -0.1) is 0 Å². The zero-order valence-electron chi connectivity index (χ0n) is 19.5. The van der Waals surface area contributed by atoms with E-state index in [1.807, 2.05) is 66.7 Å². The number of hydrogen-bond donors (Lipinski definition) is 0. The fourth-order valence-corrected chi connectivity index (χ4v) is 4.87. The molecule has 3 nitrogen and oxygen atoms in total. The van der Waals surface area contributed by atoms with Gasteiger partial charge in [-0.3, -0.25) is 4.79 Å². The molecule has 0 aromatic heterocycles. The van der Waals surface area contributed by atoms with E-state index in [9.17, 15) is 9.59 Å². The Morgan fingerprint density at radius 1 is 0.706 bits per heavy atom. The van der Waals surface area contributed by atoms with Crippen molar-refractivity contribution in [3.8, 4) is 5.75 Å². The lowest BCUT2D eigenvalue weighted by molar-refractivity contribution is 0.0737. The molecule has 4 aromatic carbocycles. The van der Waals surface area contributed by atoms with Crippen molar-refractivity contribution in [1.82, 2.24) is 0 Å². The second kappa shape index (κ2) is 11.2. The smallest absolute Gasteiger partial charge is 0.343 e. The number of benzene rings is 4. The molecule has 0 unspecified atom stereocenters. The largest absolute Gasteiger partial charge is 0.422 e. The monoisotopic (exact) mass is 468 g/mol. The van der Waals surface area contributed by atoms with Crippen molar-refractivity contribution in [1.29, 1.82) is 0 Å². The maximum absolute atomic E-state index is 13.0. The number of fused-ring (bicyclic) bond motifs is 1. The minimum atomic E-state index is -0.409. The molecule has 4 heteroatoms. The molecule has 0 aliphatic heterocycles. The fraction of sp³-hybridized carbons (Fsp3) is 0.200. The Morgan fingerprint density at radius 2 is 1.26 bits per heavy atom. The van der Waals surface area contributed by atoms with Crippen molar-refractivity contribution < 1.29 is 14.3 Å². The first kappa shape index (κ1) is 23.8. The summed E-state index contributed by atoms with van der Waals surface area (Å²) in [5.74, 6) is 0.0440. The van der Waals surface area contributed by atoms with E-state index in [0.717, 1.165) is 53.1 Å². The van der Waals surface area contributed by atoms with Crippen molar-refractivity contribution in [2.75, 3.05) is 0 Å². The summed E-state index contributed by atoms with van der Waals surface area (Å²) in [5, 5.41) is 1.64. The normalized spacial score (nSPS) is 10.9.